The lowest BCUT2D eigenvalue weighted by Gasteiger charge is -2.19. The fourth-order valence-corrected chi connectivity index (χ4v) is 4.32. The van der Waals surface area contributed by atoms with E-state index < -0.39 is 10.0 Å². The first kappa shape index (κ1) is 20.6. The van der Waals surface area contributed by atoms with Gasteiger partial charge in [0.25, 0.3) is 0 Å². The van der Waals surface area contributed by atoms with Gasteiger partial charge >= 0.3 is 0 Å². The van der Waals surface area contributed by atoms with Crippen LogP contribution in [0.5, 0.6) is 0 Å². The maximum Gasteiger partial charge on any atom is 0.241 e. The number of sulfonamides is 1. The van der Waals surface area contributed by atoms with Gasteiger partial charge in [-0.05, 0) is 75.8 Å². The highest BCUT2D eigenvalue weighted by molar-refractivity contribution is 7.89. The first-order chi connectivity index (χ1) is 11.0. The van der Waals surface area contributed by atoms with Gasteiger partial charge in [0.2, 0.25) is 15.9 Å². The second-order valence-electron chi connectivity index (χ2n) is 6.48. The Labute approximate surface area is 146 Å². The quantitative estimate of drug-likeness (QED) is 0.790. The van der Waals surface area contributed by atoms with Crippen LogP contribution < -0.4 is 10.0 Å². The van der Waals surface area contributed by atoms with Crippen molar-refractivity contribution in [3.8, 4) is 0 Å². The Morgan fingerprint density at radius 2 is 1.42 bits per heavy atom. The molecule has 1 aromatic carbocycles. The van der Waals surface area contributed by atoms with Gasteiger partial charge in [0.05, 0.1) is 4.90 Å². The molecule has 0 aliphatic carbocycles. The summed E-state index contributed by atoms with van der Waals surface area (Å²) in [5.74, 6) is -0.142. The van der Waals surface area contributed by atoms with Crippen LogP contribution in [0.4, 0.5) is 0 Å². The summed E-state index contributed by atoms with van der Waals surface area (Å²) < 4.78 is 28.0. The van der Waals surface area contributed by atoms with Crippen LogP contribution in [0.1, 0.15) is 54.5 Å². The van der Waals surface area contributed by atoms with Gasteiger partial charge in [-0.1, -0.05) is 6.92 Å². The summed E-state index contributed by atoms with van der Waals surface area (Å²) in [4.78, 5) is 12.1. The van der Waals surface area contributed by atoms with Gasteiger partial charge < -0.3 is 5.32 Å². The number of benzene rings is 1. The van der Waals surface area contributed by atoms with Crippen LogP contribution in [-0.2, 0) is 14.8 Å². The molecule has 0 saturated carbocycles. The Morgan fingerprint density at radius 3 is 1.88 bits per heavy atom. The van der Waals surface area contributed by atoms with Crippen molar-refractivity contribution in [2.75, 3.05) is 6.54 Å². The van der Waals surface area contributed by atoms with E-state index in [-0.39, 0.29) is 24.9 Å². The summed E-state index contributed by atoms with van der Waals surface area (Å²) in [5, 5.41) is 2.83. The lowest BCUT2D eigenvalue weighted by molar-refractivity contribution is -0.121. The van der Waals surface area contributed by atoms with Gasteiger partial charge in [0.1, 0.15) is 0 Å². The zero-order valence-electron chi connectivity index (χ0n) is 15.8. The average molecular weight is 355 g/mol. The number of carbonyl (C=O) groups is 1. The molecule has 0 bridgehead atoms. The molecule has 0 aliphatic heterocycles. The van der Waals surface area contributed by atoms with E-state index in [4.69, 9.17) is 0 Å². The molecular formula is C18H30N2O3S. The Balaban J connectivity index is 2.93. The Hall–Kier alpha value is -1.40. The third-order valence-electron chi connectivity index (χ3n) is 4.86. The van der Waals surface area contributed by atoms with E-state index in [2.05, 4.69) is 10.0 Å². The van der Waals surface area contributed by atoms with Crippen molar-refractivity contribution >= 4 is 15.9 Å². The van der Waals surface area contributed by atoms with Crippen molar-refractivity contribution < 1.29 is 13.2 Å². The summed E-state index contributed by atoms with van der Waals surface area (Å²) in [6.45, 7) is 13.6. The van der Waals surface area contributed by atoms with Crippen LogP contribution in [0.2, 0.25) is 0 Å². The molecule has 0 radical (unpaired) electrons. The summed E-state index contributed by atoms with van der Waals surface area (Å²) in [6, 6.07) is 0.0981. The minimum absolute atomic E-state index is 0.0927. The van der Waals surface area contributed by atoms with Crippen molar-refractivity contribution in [2.24, 2.45) is 0 Å². The third-order valence-corrected chi connectivity index (χ3v) is 6.60. The molecule has 1 rings (SSSR count). The van der Waals surface area contributed by atoms with Crippen LogP contribution in [0.15, 0.2) is 4.90 Å². The number of rotatable bonds is 7. The SMILES string of the molecule is CCC(C)NC(=O)CCNS(=O)(=O)c1c(C)c(C)c(C)c(C)c1C. The highest BCUT2D eigenvalue weighted by Gasteiger charge is 2.23. The summed E-state index contributed by atoms with van der Waals surface area (Å²) in [5.41, 5.74) is 4.65. The molecule has 24 heavy (non-hydrogen) atoms. The lowest BCUT2D eigenvalue weighted by Crippen LogP contribution is -2.35. The van der Waals surface area contributed by atoms with Gasteiger partial charge in [-0.15, -0.1) is 0 Å². The van der Waals surface area contributed by atoms with Crippen LogP contribution in [-0.4, -0.2) is 26.9 Å². The number of amides is 1. The Bertz CT molecular complexity index is 695. The van der Waals surface area contributed by atoms with Gasteiger partial charge in [0.15, 0.2) is 0 Å². The second-order valence-corrected chi connectivity index (χ2v) is 8.18. The van der Waals surface area contributed by atoms with Crippen LogP contribution in [0, 0.1) is 34.6 Å². The van der Waals surface area contributed by atoms with Gasteiger partial charge in [-0.3, -0.25) is 4.79 Å². The number of nitrogens with one attached hydrogen (secondary N) is 2. The van der Waals surface area contributed by atoms with E-state index in [9.17, 15) is 13.2 Å². The zero-order valence-corrected chi connectivity index (χ0v) is 16.6. The molecule has 136 valence electrons. The largest absolute Gasteiger partial charge is 0.354 e. The molecule has 1 aromatic rings. The molecule has 0 fully saturated rings. The van der Waals surface area contributed by atoms with Crippen molar-refractivity contribution in [3.63, 3.8) is 0 Å². The predicted octanol–water partition coefficient (Wildman–Crippen LogP) is 2.81. The van der Waals surface area contributed by atoms with E-state index in [1.807, 2.05) is 48.5 Å². The van der Waals surface area contributed by atoms with Gasteiger partial charge in [0, 0.05) is 19.0 Å². The summed E-state index contributed by atoms with van der Waals surface area (Å²) in [6.07, 6.45) is 0.975. The van der Waals surface area contributed by atoms with E-state index in [1.54, 1.807) is 0 Å². The van der Waals surface area contributed by atoms with Crippen LogP contribution >= 0.6 is 0 Å². The van der Waals surface area contributed by atoms with Crippen molar-refractivity contribution in [1.29, 1.82) is 0 Å². The fourth-order valence-electron chi connectivity index (χ4n) is 2.69. The average Bonchev–Trinajstić information content (AvgIpc) is 2.50. The second kappa shape index (κ2) is 8.12. The van der Waals surface area contributed by atoms with E-state index in [0.717, 1.165) is 34.2 Å². The molecule has 5 nitrogen and oxygen atoms in total. The normalized spacial score (nSPS) is 13.0. The van der Waals surface area contributed by atoms with Crippen LogP contribution in [0.25, 0.3) is 0 Å². The minimum Gasteiger partial charge on any atom is -0.354 e. The van der Waals surface area contributed by atoms with E-state index in [0.29, 0.717) is 4.90 Å². The molecule has 6 heteroatoms. The molecule has 2 N–H and O–H groups in total. The smallest absolute Gasteiger partial charge is 0.241 e. The maximum absolute atomic E-state index is 12.7. The topological polar surface area (TPSA) is 75.3 Å². The Morgan fingerprint density at radius 1 is 0.958 bits per heavy atom. The fraction of sp³-hybridized carbons (Fsp3) is 0.611. The number of hydrogen-bond donors (Lipinski definition) is 2. The van der Waals surface area contributed by atoms with Crippen LogP contribution in [0.3, 0.4) is 0 Å². The van der Waals surface area contributed by atoms with E-state index in [1.165, 1.54) is 0 Å². The first-order valence-electron chi connectivity index (χ1n) is 8.38. The molecule has 0 saturated heterocycles. The number of carbonyl (C=O) groups excluding carboxylic acids is 1. The molecule has 1 unspecified atom stereocenters. The molecule has 0 heterocycles. The standard InChI is InChI=1S/C18H30N2O3S/c1-8-11(2)20-17(21)9-10-19-24(22,23)18-15(6)13(4)12(3)14(5)16(18)7/h11,19H,8-10H2,1-7H3,(H,20,21). The highest BCUT2D eigenvalue weighted by Crippen LogP contribution is 2.29. The van der Waals surface area contributed by atoms with E-state index >= 15 is 0 Å². The Kier molecular flexibility index (Phi) is 6.98. The van der Waals surface area contributed by atoms with Crippen molar-refractivity contribution in [3.05, 3.63) is 27.8 Å². The summed E-state index contributed by atoms with van der Waals surface area (Å²) >= 11 is 0. The maximum atomic E-state index is 12.7. The molecular weight excluding hydrogens is 324 g/mol. The summed E-state index contributed by atoms with van der Waals surface area (Å²) in [7, 11) is -3.64. The predicted molar refractivity (Wildman–Crippen MR) is 97.8 cm³/mol. The molecule has 0 spiro atoms. The van der Waals surface area contributed by atoms with Crippen molar-refractivity contribution in [2.45, 2.75) is 72.2 Å². The lowest BCUT2D eigenvalue weighted by atomic mass is 9.95. The van der Waals surface area contributed by atoms with Gasteiger partial charge in [-0.2, -0.15) is 0 Å². The monoisotopic (exact) mass is 354 g/mol. The first-order valence-corrected chi connectivity index (χ1v) is 9.87. The minimum atomic E-state index is -3.64. The molecule has 0 aliphatic rings. The third kappa shape index (κ3) is 4.57. The highest BCUT2D eigenvalue weighted by atomic mass is 32.2. The van der Waals surface area contributed by atoms with Crippen molar-refractivity contribution in [1.82, 2.24) is 10.0 Å². The molecule has 1 amide bonds. The molecule has 1 atom stereocenters. The molecule has 0 aromatic heterocycles. The zero-order chi connectivity index (χ0) is 18.7. The number of hydrogen-bond acceptors (Lipinski definition) is 3. The van der Waals surface area contributed by atoms with Gasteiger partial charge in [-0.25, -0.2) is 13.1 Å².